The van der Waals surface area contributed by atoms with E-state index in [1.165, 1.54) is 22.2 Å². The molecule has 3 aromatic rings. The van der Waals surface area contributed by atoms with Gasteiger partial charge in [-0.1, -0.05) is 55.9 Å². The Bertz CT molecular complexity index is 1430. The average molecular weight is 560 g/mol. The number of fused-ring (bicyclic) bond motifs is 3. The lowest BCUT2D eigenvalue weighted by molar-refractivity contribution is -0.125. The molecule has 0 spiro atoms. The zero-order valence-corrected chi connectivity index (χ0v) is 23.3. The quantitative estimate of drug-likeness (QED) is 0.371. The lowest BCUT2D eigenvalue weighted by Gasteiger charge is -2.25. The number of hydrogen-bond acceptors (Lipinski definition) is 7. The monoisotopic (exact) mass is 559 g/mol. The molecule has 0 bridgehead atoms. The predicted octanol–water partition coefficient (Wildman–Crippen LogP) is 5.30. The van der Waals surface area contributed by atoms with Crippen molar-refractivity contribution in [1.29, 1.82) is 0 Å². The molecule has 3 amide bonds. The molecule has 3 heterocycles. The van der Waals surface area contributed by atoms with Crippen molar-refractivity contribution in [3.63, 3.8) is 0 Å². The van der Waals surface area contributed by atoms with Gasteiger partial charge in [-0.3, -0.25) is 19.4 Å². The molecule has 0 unspecified atom stereocenters. The summed E-state index contributed by atoms with van der Waals surface area (Å²) in [4.78, 5) is 50.5. The first kappa shape index (κ1) is 26.8. The fourth-order valence-corrected chi connectivity index (χ4v) is 5.77. The SMILES string of the molecule is CC(C)c1ccc(NC(=O)CSC2=Nc3ccccc3C3=N[C@H](CCC(=O)NCc4cccs4)C(=O)N23)cc1. The smallest absolute Gasteiger partial charge is 0.259 e. The number of anilines is 1. The molecule has 2 aromatic carbocycles. The number of aliphatic imine (C=N–C) groups is 2. The third-order valence-corrected chi connectivity index (χ3v) is 8.24. The second kappa shape index (κ2) is 12.0. The summed E-state index contributed by atoms with van der Waals surface area (Å²) in [5.41, 5.74) is 3.38. The topological polar surface area (TPSA) is 103 Å². The fraction of sp³-hybridized carbons (Fsp3) is 0.276. The first-order chi connectivity index (χ1) is 18.9. The summed E-state index contributed by atoms with van der Waals surface area (Å²) in [5.74, 6) is 0.463. The Labute approximate surface area is 235 Å². The molecular formula is C29H29N5O3S2. The van der Waals surface area contributed by atoms with Gasteiger partial charge in [0.1, 0.15) is 11.9 Å². The standard InChI is InChI=1S/C29H29N5O3S2/c1-18(2)19-9-11-20(12-10-19)31-26(36)17-39-29-33-23-8-4-3-7-22(23)27-32-24(28(37)34(27)29)13-14-25(35)30-16-21-6-5-15-38-21/h3-12,15,18,24H,13-14,16-17H2,1-2H3,(H,30,35)(H,31,36)/t24-/m1/s1. The maximum absolute atomic E-state index is 13.4. The number of carbonyl (C=O) groups excluding carboxylic acids is 3. The summed E-state index contributed by atoms with van der Waals surface area (Å²) in [6, 6.07) is 18.5. The van der Waals surface area contributed by atoms with E-state index in [2.05, 4.69) is 29.5 Å². The maximum Gasteiger partial charge on any atom is 0.259 e. The van der Waals surface area contributed by atoms with Crippen molar-refractivity contribution in [2.75, 3.05) is 11.1 Å². The van der Waals surface area contributed by atoms with Crippen molar-refractivity contribution in [1.82, 2.24) is 10.2 Å². The zero-order valence-electron chi connectivity index (χ0n) is 21.7. The number of para-hydroxylation sites is 1. The highest BCUT2D eigenvalue weighted by atomic mass is 32.2. The van der Waals surface area contributed by atoms with E-state index in [1.807, 2.05) is 66.0 Å². The zero-order chi connectivity index (χ0) is 27.4. The van der Waals surface area contributed by atoms with Crippen LogP contribution in [-0.2, 0) is 20.9 Å². The van der Waals surface area contributed by atoms with Crippen LogP contribution in [0.3, 0.4) is 0 Å². The molecule has 2 aliphatic rings. The van der Waals surface area contributed by atoms with E-state index >= 15 is 0 Å². The molecular weight excluding hydrogens is 530 g/mol. The number of hydrogen-bond donors (Lipinski definition) is 2. The van der Waals surface area contributed by atoms with Gasteiger partial charge in [0.2, 0.25) is 11.8 Å². The summed E-state index contributed by atoms with van der Waals surface area (Å²) in [5, 5.41) is 8.18. The van der Waals surface area contributed by atoms with Crippen molar-refractivity contribution in [2.24, 2.45) is 9.98 Å². The Balaban J connectivity index is 1.23. The van der Waals surface area contributed by atoms with E-state index in [4.69, 9.17) is 4.99 Å². The molecule has 1 aromatic heterocycles. The van der Waals surface area contributed by atoms with Gasteiger partial charge in [-0.05, 0) is 53.6 Å². The molecule has 2 aliphatic heterocycles. The third-order valence-electron chi connectivity index (χ3n) is 6.43. The highest BCUT2D eigenvalue weighted by Crippen LogP contribution is 2.34. The number of thioether (sulfide) groups is 1. The summed E-state index contributed by atoms with van der Waals surface area (Å²) in [6.07, 6.45) is 0.480. The van der Waals surface area contributed by atoms with Gasteiger partial charge in [0.25, 0.3) is 5.91 Å². The van der Waals surface area contributed by atoms with Crippen molar-refractivity contribution >= 4 is 63.2 Å². The van der Waals surface area contributed by atoms with E-state index in [0.717, 1.165) is 16.1 Å². The van der Waals surface area contributed by atoms with Crippen LogP contribution in [0.5, 0.6) is 0 Å². The Morgan fingerprint density at radius 3 is 2.59 bits per heavy atom. The first-order valence-corrected chi connectivity index (χ1v) is 14.7. The van der Waals surface area contributed by atoms with E-state index < -0.39 is 6.04 Å². The van der Waals surface area contributed by atoms with Crippen LogP contribution in [0.1, 0.15) is 48.6 Å². The van der Waals surface area contributed by atoms with Crippen LogP contribution in [0, 0.1) is 0 Å². The molecule has 10 heteroatoms. The minimum Gasteiger partial charge on any atom is -0.351 e. The van der Waals surface area contributed by atoms with Gasteiger partial charge in [-0.15, -0.1) is 11.3 Å². The van der Waals surface area contributed by atoms with Crippen LogP contribution in [0.25, 0.3) is 0 Å². The van der Waals surface area contributed by atoms with E-state index in [9.17, 15) is 14.4 Å². The van der Waals surface area contributed by atoms with E-state index in [1.54, 1.807) is 11.3 Å². The Morgan fingerprint density at radius 2 is 1.85 bits per heavy atom. The molecule has 0 fully saturated rings. The van der Waals surface area contributed by atoms with Crippen molar-refractivity contribution < 1.29 is 14.4 Å². The van der Waals surface area contributed by atoms with Crippen molar-refractivity contribution in [3.8, 4) is 0 Å². The molecule has 1 atom stereocenters. The first-order valence-electron chi connectivity index (χ1n) is 12.8. The maximum atomic E-state index is 13.4. The number of benzene rings is 2. The normalized spacial score (nSPS) is 15.9. The van der Waals surface area contributed by atoms with Crippen LogP contribution >= 0.6 is 23.1 Å². The number of nitrogens with zero attached hydrogens (tertiary/aromatic N) is 3. The number of nitrogens with one attached hydrogen (secondary N) is 2. The molecule has 5 rings (SSSR count). The second-order valence-electron chi connectivity index (χ2n) is 9.56. The minimum absolute atomic E-state index is 0.0831. The fourth-order valence-electron chi connectivity index (χ4n) is 4.32. The molecule has 200 valence electrons. The van der Waals surface area contributed by atoms with Crippen molar-refractivity contribution in [2.45, 2.75) is 45.2 Å². The molecule has 39 heavy (non-hydrogen) atoms. The van der Waals surface area contributed by atoms with Crippen LogP contribution in [0.4, 0.5) is 11.4 Å². The average Bonchev–Trinajstić information content (AvgIpc) is 3.58. The summed E-state index contributed by atoms with van der Waals surface area (Å²) < 4.78 is 0. The Kier molecular flexibility index (Phi) is 8.23. The molecule has 2 N–H and O–H groups in total. The van der Waals surface area contributed by atoms with Crippen molar-refractivity contribution in [3.05, 3.63) is 82.0 Å². The number of amidine groups is 2. The number of rotatable bonds is 9. The van der Waals surface area contributed by atoms with Gasteiger partial charge in [0, 0.05) is 22.5 Å². The highest BCUT2D eigenvalue weighted by Gasteiger charge is 2.41. The second-order valence-corrected chi connectivity index (χ2v) is 11.5. The van der Waals surface area contributed by atoms with Gasteiger partial charge in [-0.2, -0.15) is 0 Å². The van der Waals surface area contributed by atoms with Gasteiger partial charge in [-0.25, -0.2) is 9.89 Å². The number of amides is 3. The molecule has 0 aliphatic carbocycles. The summed E-state index contributed by atoms with van der Waals surface area (Å²) in [6.45, 7) is 4.72. The molecule has 8 nitrogen and oxygen atoms in total. The largest absolute Gasteiger partial charge is 0.351 e. The van der Waals surface area contributed by atoms with Crippen LogP contribution in [-0.4, -0.2) is 45.4 Å². The van der Waals surface area contributed by atoms with Crippen LogP contribution < -0.4 is 10.6 Å². The van der Waals surface area contributed by atoms with E-state index in [-0.39, 0.29) is 29.9 Å². The van der Waals surface area contributed by atoms with E-state index in [0.29, 0.717) is 35.6 Å². The molecule has 0 radical (unpaired) electrons. The van der Waals surface area contributed by atoms with Gasteiger partial charge >= 0.3 is 0 Å². The Morgan fingerprint density at radius 1 is 1.05 bits per heavy atom. The van der Waals surface area contributed by atoms with Gasteiger partial charge in [0.15, 0.2) is 5.17 Å². The summed E-state index contributed by atoms with van der Waals surface area (Å²) >= 11 is 2.78. The lowest BCUT2D eigenvalue weighted by atomic mass is 10.0. The van der Waals surface area contributed by atoms with Crippen LogP contribution in [0.2, 0.25) is 0 Å². The third kappa shape index (κ3) is 6.29. The van der Waals surface area contributed by atoms with Gasteiger partial charge in [0.05, 0.1) is 18.0 Å². The van der Waals surface area contributed by atoms with Crippen LogP contribution in [0.15, 0.2) is 76.0 Å². The highest BCUT2D eigenvalue weighted by molar-refractivity contribution is 8.14. The lowest BCUT2D eigenvalue weighted by Crippen LogP contribution is -2.41. The minimum atomic E-state index is -0.683. The van der Waals surface area contributed by atoms with Gasteiger partial charge < -0.3 is 10.6 Å². The number of carbonyl (C=O) groups is 3. The number of thiophene rings is 1. The molecule has 0 saturated heterocycles. The Hall–Kier alpha value is -3.76. The predicted molar refractivity (Wildman–Crippen MR) is 158 cm³/mol. The summed E-state index contributed by atoms with van der Waals surface area (Å²) in [7, 11) is 0. The molecule has 0 saturated carbocycles.